The van der Waals surface area contributed by atoms with Crippen molar-refractivity contribution in [3.8, 4) is 0 Å². The summed E-state index contributed by atoms with van der Waals surface area (Å²) in [4.78, 5) is 16.6. The molecule has 2 aromatic heterocycles. The Hall–Kier alpha value is -2.85. The first-order valence-electron chi connectivity index (χ1n) is 11.2. The molecule has 0 saturated heterocycles. The number of anilines is 1. The molecule has 8 nitrogen and oxygen atoms in total. The number of carbonyl (C=O) groups is 1. The van der Waals surface area contributed by atoms with Crippen molar-refractivity contribution < 1.29 is 13.9 Å². The molecule has 0 spiro atoms. The lowest BCUT2D eigenvalue weighted by Gasteiger charge is -2.22. The van der Waals surface area contributed by atoms with Gasteiger partial charge in [0.1, 0.15) is 17.3 Å². The zero-order chi connectivity index (χ0) is 25.3. The summed E-state index contributed by atoms with van der Waals surface area (Å²) in [5.74, 6) is -0.313. The van der Waals surface area contributed by atoms with Gasteiger partial charge in [0.05, 0.1) is 33.7 Å². The van der Waals surface area contributed by atoms with Gasteiger partial charge >= 0.3 is 6.09 Å². The number of nitrogens with zero attached hydrogens (tertiary/aromatic N) is 3. The summed E-state index contributed by atoms with van der Waals surface area (Å²) in [7, 11) is 0. The first-order valence-corrected chi connectivity index (χ1v) is 12.4. The number of rotatable bonds is 5. The van der Waals surface area contributed by atoms with Crippen LogP contribution in [0.2, 0.25) is 5.02 Å². The smallest absolute Gasteiger partial charge is 0.407 e. The van der Waals surface area contributed by atoms with Crippen LogP contribution in [0.5, 0.6) is 0 Å². The Labute approximate surface area is 216 Å². The van der Waals surface area contributed by atoms with Crippen molar-refractivity contribution in [1.82, 2.24) is 14.9 Å². The molecule has 1 aliphatic carbocycles. The number of benzene rings is 1. The number of aliphatic imine (C=N–C) groups is 1. The molecule has 35 heavy (non-hydrogen) atoms. The molecule has 3 aromatic rings. The standard InChI is InChI=1S/C24H27BrClFN6O2/c1-24(2,3)35-23(34)31-16-6-5-15(10-16)30-21-17(11-29-33-12-13(25)8-20(21)33)22(28)32-19-9-14(27)4-7-18(19)26/h4,7-9,11-12,15-16,30H,5-6,10H2,1-3H3,(H2,28,32)(H,31,34)/t15-,16+/m1/s1. The highest BCUT2D eigenvalue weighted by Gasteiger charge is 2.29. The van der Waals surface area contributed by atoms with Crippen molar-refractivity contribution in [3.63, 3.8) is 0 Å². The number of halogens is 3. The van der Waals surface area contributed by atoms with Crippen LogP contribution < -0.4 is 16.4 Å². The lowest BCUT2D eigenvalue weighted by atomic mass is 10.1. The summed E-state index contributed by atoms with van der Waals surface area (Å²) in [5, 5.41) is 11.2. The third-order valence-corrected chi connectivity index (χ3v) is 6.28. The first-order chi connectivity index (χ1) is 16.5. The van der Waals surface area contributed by atoms with Crippen molar-refractivity contribution in [2.45, 2.75) is 57.7 Å². The number of hydrogen-bond donors (Lipinski definition) is 3. The van der Waals surface area contributed by atoms with E-state index in [0.29, 0.717) is 12.0 Å². The van der Waals surface area contributed by atoms with Gasteiger partial charge in [-0.2, -0.15) is 5.10 Å². The summed E-state index contributed by atoms with van der Waals surface area (Å²) in [5.41, 5.74) is 8.14. The van der Waals surface area contributed by atoms with E-state index in [4.69, 9.17) is 22.1 Å². The number of nitrogens with one attached hydrogen (secondary N) is 2. The summed E-state index contributed by atoms with van der Waals surface area (Å²) in [6.07, 6.45) is 5.38. The second kappa shape index (κ2) is 10.0. The van der Waals surface area contributed by atoms with E-state index >= 15 is 0 Å². The minimum absolute atomic E-state index is 0.0145. The first kappa shape index (κ1) is 25.2. The molecular formula is C24H27BrClFN6O2. The van der Waals surface area contributed by atoms with E-state index in [1.54, 1.807) is 10.7 Å². The Morgan fingerprint density at radius 2 is 2.06 bits per heavy atom. The highest BCUT2D eigenvalue weighted by atomic mass is 79.9. The zero-order valence-corrected chi connectivity index (χ0v) is 22.0. The Morgan fingerprint density at radius 1 is 1.31 bits per heavy atom. The minimum Gasteiger partial charge on any atom is -0.444 e. The number of ether oxygens (including phenoxy) is 1. The van der Waals surface area contributed by atoms with Crippen molar-refractivity contribution in [3.05, 3.63) is 57.5 Å². The molecule has 4 N–H and O–H groups in total. The van der Waals surface area contributed by atoms with Gasteiger partial charge in [-0.05, 0) is 74.2 Å². The van der Waals surface area contributed by atoms with E-state index in [-0.39, 0.29) is 28.6 Å². The van der Waals surface area contributed by atoms with Gasteiger partial charge in [-0.15, -0.1) is 0 Å². The Balaban J connectivity index is 1.60. The Morgan fingerprint density at radius 3 is 2.80 bits per heavy atom. The molecule has 186 valence electrons. The molecule has 0 unspecified atom stereocenters. The van der Waals surface area contributed by atoms with E-state index in [9.17, 15) is 9.18 Å². The van der Waals surface area contributed by atoms with Crippen LogP contribution in [0.3, 0.4) is 0 Å². The molecule has 1 amide bonds. The average molecular weight is 566 g/mol. The maximum Gasteiger partial charge on any atom is 0.407 e. The second-order valence-corrected chi connectivity index (χ2v) is 10.8. The lowest BCUT2D eigenvalue weighted by molar-refractivity contribution is 0.0505. The molecule has 0 bridgehead atoms. The number of carbonyl (C=O) groups excluding carboxylic acids is 1. The monoisotopic (exact) mass is 564 g/mol. The molecule has 0 aliphatic heterocycles. The van der Waals surface area contributed by atoms with E-state index < -0.39 is 17.5 Å². The normalized spacial score (nSPS) is 18.6. The van der Waals surface area contributed by atoms with Crippen LogP contribution in [0, 0.1) is 5.82 Å². The number of nitrogens with two attached hydrogens (primary N) is 1. The summed E-state index contributed by atoms with van der Waals surface area (Å²) in [6, 6.07) is 5.90. The van der Waals surface area contributed by atoms with E-state index in [1.807, 2.05) is 33.0 Å². The molecule has 1 aliphatic rings. The number of alkyl carbamates (subject to hydrolysis) is 1. The molecule has 0 radical (unpaired) electrons. The van der Waals surface area contributed by atoms with Crippen molar-refractivity contribution in [2.75, 3.05) is 5.32 Å². The van der Waals surface area contributed by atoms with Gasteiger partial charge in [0.25, 0.3) is 0 Å². The number of amides is 1. The predicted octanol–water partition coefficient (Wildman–Crippen LogP) is 5.78. The SMILES string of the molecule is CC(C)(C)OC(=O)N[C@H]1CC[C@@H](Nc2c(C(N)=Nc3cc(F)ccc3Cl)cnn3cc(Br)cc23)C1. The van der Waals surface area contributed by atoms with Gasteiger partial charge in [0.2, 0.25) is 0 Å². The molecule has 1 fully saturated rings. The number of aromatic nitrogens is 2. The summed E-state index contributed by atoms with van der Waals surface area (Å²) in [6.45, 7) is 5.50. The maximum atomic E-state index is 13.7. The quantitative estimate of drug-likeness (QED) is 0.268. The fourth-order valence-corrected chi connectivity index (χ4v) is 4.63. The third-order valence-electron chi connectivity index (χ3n) is 5.53. The number of fused-ring (bicyclic) bond motifs is 1. The Bertz CT molecular complexity index is 1290. The Kier molecular flexibility index (Phi) is 7.23. The van der Waals surface area contributed by atoms with Crippen LogP contribution >= 0.6 is 27.5 Å². The van der Waals surface area contributed by atoms with Gasteiger partial charge in [0.15, 0.2) is 0 Å². The topological polar surface area (TPSA) is 106 Å². The van der Waals surface area contributed by atoms with Gasteiger partial charge in [-0.25, -0.2) is 18.7 Å². The molecule has 1 aromatic carbocycles. The minimum atomic E-state index is -0.554. The van der Waals surface area contributed by atoms with E-state index in [2.05, 4.69) is 36.7 Å². The largest absolute Gasteiger partial charge is 0.444 e. The summed E-state index contributed by atoms with van der Waals surface area (Å²) >= 11 is 9.68. The highest BCUT2D eigenvalue weighted by molar-refractivity contribution is 9.10. The lowest BCUT2D eigenvalue weighted by Crippen LogP contribution is -2.38. The molecule has 2 heterocycles. The molecule has 4 rings (SSSR count). The van der Waals surface area contributed by atoms with Crippen LogP contribution in [0.15, 0.2) is 46.1 Å². The predicted molar refractivity (Wildman–Crippen MR) is 139 cm³/mol. The molecular weight excluding hydrogens is 539 g/mol. The van der Waals surface area contributed by atoms with Gasteiger partial charge in [-0.3, -0.25) is 0 Å². The van der Waals surface area contributed by atoms with E-state index in [1.165, 1.54) is 18.2 Å². The van der Waals surface area contributed by atoms with Crippen molar-refractivity contribution >= 4 is 56.4 Å². The van der Waals surface area contributed by atoms with Crippen LogP contribution in [0.4, 0.5) is 20.6 Å². The molecule has 11 heteroatoms. The fraction of sp³-hybridized carbons (Fsp3) is 0.375. The average Bonchev–Trinajstić information content (AvgIpc) is 3.34. The van der Waals surface area contributed by atoms with Gasteiger partial charge in [-0.1, -0.05) is 11.6 Å². The summed E-state index contributed by atoms with van der Waals surface area (Å²) < 4.78 is 21.7. The van der Waals surface area contributed by atoms with E-state index in [0.717, 1.165) is 28.5 Å². The number of hydrogen-bond acceptors (Lipinski definition) is 5. The van der Waals surface area contributed by atoms with Crippen LogP contribution in [0.25, 0.3) is 5.52 Å². The van der Waals surface area contributed by atoms with Crippen LogP contribution in [0.1, 0.15) is 45.6 Å². The number of amidine groups is 1. The van der Waals surface area contributed by atoms with Gasteiger partial charge in [0, 0.05) is 28.8 Å². The third kappa shape index (κ3) is 6.24. The fourth-order valence-electron chi connectivity index (χ4n) is 4.05. The molecule has 2 atom stereocenters. The van der Waals surface area contributed by atoms with Crippen LogP contribution in [-0.4, -0.2) is 39.2 Å². The molecule has 1 saturated carbocycles. The highest BCUT2D eigenvalue weighted by Crippen LogP contribution is 2.32. The second-order valence-electron chi connectivity index (χ2n) is 9.51. The maximum absolute atomic E-state index is 13.7. The van der Waals surface area contributed by atoms with Crippen molar-refractivity contribution in [2.24, 2.45) is 10.7 Å². The van der Waals surface area contributed by atoms with Crippen molar-refractivity contribution in [1.29, 1.82) is 0 Å². The van der Waals surface area contributed by atoms with Crippen LogP contribution in [-0.2, 0) is 4.74 Å². The zero-order valence-electron chi connectivity index (χ0n) is 19.6. The van der Waals surface area contributed by atoms with Gasteiger partial charge < -0.3 is 21.1 Å².